The molecule has 7 nitrogen and oxygen atoms in total. The number of hydrogen-bond donors (Lipinski definition) is 3. The zero-order valence-electron chi connectivity index (χ0n) is 16.4. The maximum Gasteiger partial charge on any atom is 0.251 e. The summed E-state index contributed by atoms with van der Waals surface area (Å²) in [5.41, 5.74) is 1.62. The highest BCUT2D eigenvalue weighted by Gasteiger charge is 2.19. The lowest BCUT2D eigenvalue weighted by molar-refractivity contribution is 0.0963. The maximum atomic E-state index is 11.6. The minimum Gasteiger partial charge on any atom is -0.443 e. The van der Waals surface area contributed by atoms with Gasteiger partial charge in [0.25, 0.3) is 5.91 Å². The number of aliphatic imine (C=N–C) groups is 1. The SMILES string of the molecule is CN=C(NCc1ccc(C(=O)NC)cc1)NCc1ncc(C(C)(C)C)o1.I. The van der Waals surface area contributed by atoms with E-state index in [1.165, 1.54) is 0 Å². The molecule has 0 saturated heterocycles. The molecule has 1 heterocycles. The van der Waals surface area contributed by atoms with E-state index in [0.29, 0.717) is 30.5 Å². The van der Waals surface area contributed by atoms with Gasteiger partial charge in [-0.2, -0.15) is 0 Å². The Bertz CT molecular complexity index is 763. The summed E-state index contributed by atoms with van der Waals surface area (Å²) in [5, 5.41) is 9.01. The molecular weight excluding hydrogens is 457 g/mol. The first-order chi connectivity index (χ1) is 12.3. The molecule has 0 aliphatic heterocycles. The number of aromatic nitrogens is 1. The van der Waals surface area contributed by atoms with Crippen LogP contribution < -0.4 is 16.0 Å². The summed E-state index contributed by atoms with van der Waals surface area (Å²) in [6, 6.07) is 7.42. The van der Waals surface area contributed by atoms with Crippen molar-refractivity contribution in [2.45, 2.75) is 39.3 Å². The van der Waals surface area contributed by atoms with Crippen LogP contribution in [0.2, 0.25) is 0 Å². The molecule has 2 rings (SSSR count). The fourth-order valence-electron chi connectivity index (χ4n) is 2.22. The molecule has 0 unspecified atom stereocenters. The molecule has 3 N–H and O–H groups in total. The van der Waals surface area contributed by atoms with Crippen molar-refractivity contribution in [3.8, 4) is 0 Å². The third-order valence-electron chi connectivity index (χ3n) is 3.83. The van der Waals surface area contributed by atoms with Crippen molar-refractivity contribution < 1.29 is 9.21 Å². The van der Waals surface area contributed by atoms with Crippen LogP contribution in [-0.2, 0) is 18.5 Å². The molecule has 148 valence electrons. The normalized spacial score (nSPS) is 11.5. The number of carbonyl (C=O) groups excluding carboxylic acids is 1. The first kappa shape index (κ1) is 22.9. The molecule has 1 aromatic carbocycles. The maximum absolute atomic E-state index is 11.6. The van der Waals surface area contributed by atoms with Crippen molar-refractivity contribution in [3.05, 3.63) is 53.2 Å². The van der Waals surface area contributed by atoms with E-state index in [0.717, 1.165) is 11.3 Å². The fourth-order valence-corrected chi connectivity index (χ4v) is 2.22. The molecule has 27 heavy (non-hydrogen) atoms. The molecule has 0 radical (unpaired) electrons. The number of nitrogens with one attached hydrogen (secondary N) is 3. The van der Waals surface area contributed by atoms with Gasteiger partial charge in [0.05, 0.1) is 12.7 Å². The van der Waals surface area contributed by atoms with E-state index in [-0.39, 0.29) is 35.3 Å². The van der Waals surface area contributed by atoms with Crippen molar-refractivity contribution in [1.29, 1.82) is 0 Å². The molecule has 0 bridgehead atoms. The molecule has 0 saturated carbocycles. The van der Waals surface area contributed by atoms with Crippen molar-refractivity contribution in [2.24, 2.45) is 4.99 Å². The molecule has 2 aromatic rings. The molecule has 0 aliphatic carbocycles. The van der Waals surface area contributed by atoms with E-state index in [9.17, 15) is 4.79 Å². The highest BCUT2D eigenvalue weighted by molar-refractivity contribution is 14.0. The first-order valence-corrected chi connectivity index (χ1v) is 8.54. The number of rotatable bonds is 5. The Kier molecular flexibility index (Phi) is 8.74. The summed E-state index contributed by atoms with van der Waals surface area (Å²) in [4.78, 5) is 20.0. The lowest BCUT2D eigenvalue weighted by Crippen LogP contribution is -2.36. The smallest absolute Gasteiger partial charge is 0.251 e. The monoisotopic (exact) mass is 485 g/mol. The highest BCUT2D eigenvalue weighted by atomic mass is 127. The predicted octanol–water partition coefficient (Wildman–Crippen LogP) is 2.81. The minimum absolute atomic E-state index is 0. The van der Waals surface area contributed by atoms with Gasteiger partial charge in [-0.1, -0.05) is 32.9 Å². The van der Waals surface area contributed by atoms with Crippen molar-refractivity contribution in [3.63, 3.8) is 0 Å². The number of guanidine groups is 1. The van der Waals surface area contributed by atoms with E-state index >= 15 is 0 Å². The van der Waals surface area contributed by atoms with E-state index in [1.54, 1.807) is 32.4 Å². The second-order valence-electron chi connectivity index (χ2n) is 6.92. The van der Waals surface area contributed by atoms with Crippen LogP contribution in [-0.4, -0.2) is 30.9 Å². The second kappa shape index (κ2) is 10.3. The number of hydrogen-bond acceptors (Lipinski definition) is 4. The molecule has 8 heteroatoms. The van der Waals surface area contributed by atoms with Crippen LogP contribution in [0.15, 0.2) is 39.9 Å². The average Bonchev–Trinajstić information content (AvgIpc) is 3.11. The number of benzene rings is 1. The lowest BCUT2D eigenvalue weighted by Gasteiger charge is -2.13. The first-order valence-electron chi connectivity index (χ1n) is 8.54. The second-order valence-corrected chi connectivity index (χ2v) is 6.92. The molecule has 0 fully saturated rings. The van der Waals surface area contributed by atoms with Crippen molar-refractivity contribution >= 4 is 35.8 Å². The zero-order chi connectivity index (χ0) is 19.2. The van der Waals surface area contributed by atoms with Crippen LogP contribution in [0.1, 0.15) is 48.3 Å². The van der Waals surface area contributed by atoms with Gasteiger partial charge in [-0.05, 0) is 17.7 Å². The Hall–Kier alpha value is -2.10. The summed E-state index contributed by atoms with van der Waals surface area (Å²) in [7, 11) is 3.33. The van der Waals surface area contributed by atoms with Crippen LogP contribution in [0.4, 0.5) is 0 Å². The minimum atomic E-state index is -0.0949. The third-order valence-corrected chi connectivity index (χ3v) is 3.83. The van der Waals surface area contributed by atoms with Crippen LogP contribution >= 0.6 is 24.0 Å². The van der Waals surface area contributed by atoms with Crippen LogP contribution in [0, 0.1) is 0 Å². The summed E-state index contributed by atoms with van der Waals surface area (Å²) in [6.07, 6.45) is 1.77. The third kappa shape index (κ3) is 6.85. The summed E-state index contributed by atoms with van der Waals surface area (Å²) >= 11 is 0. The van der Waals surface area contributed by atoms with Gasteiger partial charge in [-0.15, -0.1) is 24.0 Å². The van der Waals surface area contributed by atoms with E-state index in [1.807, 2.05) is 12.1 Å². The Morgan fingerprint density at radius 1 is 1.15 bits per heavy atom. The van der Waals surface area contributed by atoms with E-state index in [4.69, 9.17) is 4.42 Å². The van der Waals surface area contributed by atoms with Gasteiger partial charge in [0.1, 0.15) is 5.76 Å². The lowest BCUT2D eigenvalue weighted by atomic mass is 9.94. The summed E-state index contributed by atoms with van der Waals surface area (Å²) < 4.78 is 5.76. The van der Waals surface area contributed by atoms with Gasteiger partial charge in [-0.3, -0.25) is 9.79 Å². The number of carbonyl (C=O) groups is 1. The predicted molar refractivity (Wildman–Crippen MR) is 117 cm³/mol. The number of halogens is 1. The van der Waals surface area contributed by atoms with Gasteiger partial charge in [0.15, 0.2) is 5.96 Å². The molecule has 0 spiro atoms. The average molecular weight is 485 g/mol. The van der Waals surface area contributed by atoms with Gasteiger partial charge in [0.2, 0.25) is 5.89 Å². The fraction of sp³-hybridized carbons (Fsp3) is 0.421. The standard InChI is InChI=1S/C19H27N5O2.HI/c1-19(2,3)15-11-22-16(26-15)12-24-18(21-5)23-10-13-6-8-14(9-7-13)17(25)20-4;/h6-9,11H,10,12H2,1-5H3,(H,20,25)(H2,21,23,24);1H. The zero-order valence-corrected chi connectivity index (χ0v) is 18.8. The van der Waals surface area contributed by atoms with Gasteiger partial charge < -0.3 is 20.4 Å². The Morgan fingerprint density at radius 2 is 1.78 bits per heavy atom. The molecule has 0 atom stereocenters. The Labute approximate surface area is 177 Å². The summed E-state index contributed by atoms with van der Waals surface area (Å²) in [6.45, 7) is 7.29. The summed E-state index contributed by atoms with van der Waals surface area (Å²) in [5.74, 6) is 2.03. The van der Waals surface area contributed by atoms with Gasteiger partial charge >= 0.3 is 0 Å². The largest absolute Gasteiger partial charge is 0.443 e. The van der Waals surface area contributed by atoms with E-state index in [2.05, 4.69) is 46.7 Å². The Balaban J connectivity index is 0.00000364. The van der Waals surface area contributed by atoms with Crippen LogP contribution in [0.5, 0.6) is 0 Å². The topological polar surface area (TPSA) is 91.5 Å². The van der Waals surface area contributed by atoms with Crippen molar-refractivity contribution in [2.75, 3.05) is 14.1 Å². The highest BCUT2D eigenvalue weighted by Crippen LogP contribution is 2.22. The van der Waals surface area contributed by atoms with Gasteiger partial charge in [-0.25, -0.2) is 4.98 Å². The molecule has 0 aliphatic rings. The molecule has 1 amide bonds. The Morgan fingerprint density at radius 3 is 2.30 bits per heavy atom. The number of amides is 1. The van der Waals surface area contributed by atoms with Crippen LogP contribution in [0.3, 0.4) is 0 Å². The quantitative estimate of drug-likeness (QED) is 0.344. The number of oxazole rings is 1. The molecular formula is C19H28IN5O2. The number of nitrogens with zero attached hydrogens (tertiary/aromatic N) is 2. The van der Waals surface area contributed by atoms with Crippen LogP contribution in [0.25, 0.3) is 0 Å². The van der Waals surface area contributed by atoms with Crippen molar-refractivity contribution in [1.82, 2.24) is 20.9 Å². The molecule has 1 aromatic heterocycles. The van der Waals surface area contributed by atoms with E-state index < -0.39 is 0 Å². The van der Waals surface area contributed by atoms with Gasteiger partial charge in [0, 0.05) is 31.6 Å².